The number of aromatic hydroxyl groups is 1. The summed E-state index contributed by atoms with van der Waals surface area (Å²) in [5.74, 6) is 1.15. The topological polar surface area (TPSA) is 49.8 Å². The summed E-state index contributed by atoms with van der Waals surface area (Å²) in [7, 11) is 0. The number of phenolic OH excluding ortho intramolecular Hbond substituents is 1. The summed E-state index contributed by atoms with van der Waals surface area (Å²) in [5, 5.41) is 10.4. The highest BCUT2D eigenvalue weighted by Gasteiger charge is 2.47. The highest BCUT2D eigenvalue weighted by molar-refractivity contribution is 6.00. The molecule has 2 aromatic rings. The average Bonchev–Trinajstić information content (AvgIpc) is 3.50. The lowest BCUT2D eigenvalue weighted by Crippen LogP contribution is -2.53. The Morgan fingerprint density at radius 1 is 1.11 bits per heavy atom. The number of hydrogen-bond acceptors (Lipinski definition) is 3. The van der Waals surface area contributed by atoms with Crippen LogP contribution in [0.3, 0.4) is 0 Å². The van der Waals surface area contributed by atoms with Crippen LogP contribution < -0.4 is 9.64 Å². The number of fused-ring (bicyclic) bond motifs is 1. The van der Waals surface area contributed by atoms with Crippen molar-refractivity contribution < 1.29 is 14.6 Å². The minimum Gasteiger partial charge on any atom is -0.507 e. The summed E-state index contributed by atoms with van der Waals surface area (Å²) >= 11 is 0. The molecule has 1 aliphatic carbocycles. The first kappa shape index (κ1) is 17.9. The molecule has 0 spiro atoms. The Labute approximate surface area is 160 Å². The highest BCUT2D eigenvalue weighted by Crippen LogP contribution is 2.45. The molecule has 0 bridgehead atoms. The predicted molar refractivity (Wildman–Crippen MR) is 107 cm³/mol. The molecule has 2 aliphatic rings. The minimum absolute atomic E-state index is 0.0321. The first-order chi connectivity index (χ1) is 12.8. The number of phenols is 1. The molecular weight excluding hydrogens is 338 g/mol. The average molecular weight is 365 g/mol. The van der Waals surface area contributed by atoms with Gasteiger partial charge in [0, 0.05) is 23.7 Å². The molecule has 0 aromatic heterocycles. The smallest absolute Gasteiger partial charge is 0.271 e. The van der Waals surface area contributed by atoms with Crippen LogP contribution in [0.4, 0.5) is 5.69 Å². The van der Waals surface area contributed by atoms with E-state index in [2.05, 4.69) is 0 Å². The number of ether oxygens (including phenoxy) is 1. The Hall–Kier alpha value is -2.49. The van der Waals surface area contributed by atoms with Crippen LogP contribution in [0.2, 0.25) is 0 Å². The summed E-state index contributed by atoms with van der Waals surface area (Å²) in [4.78, 5) is 15.5. The summed E-state index contributed by atoms with van der Waals surface area (Å²) in [6.07, 6.45) is 3.42. The van der Waals surface area contributed by atoms with Gasteiger partial charge in [-0.1, -0.05) is 18.2 Å². The third-order valence-electron chi connectivity index (χ3n) is 6.14. The Kier molecular flexibility index (Phi) is 4.17. The molecule has 1 N–H and O–H groups in total. The third-order valence-corrected chi connectivity index (χ3v) is 6.14. The van der Waals surface area contributed by atoms with E-state index in [4.69, 9.17) is 4.74 Å². The number of rotatable bonds is 3. The Morgan fingerprint density at radius 3 is 2.41 bits per heavy atom. The summed E-state index contributed by atoms with van der Waals surface area (Å²) in [6.45, 7) is 7.69. The van der Waals surface area contributed by atoms with Crippen molar-refractivity contribution >= 4 is 11.6 Å². The maximum atomic E-state index is 13.6. The molecule has 4 rings (SSSR count). The van der Waals surface area contributed by atoms with Crippen molar-refractivity contribution in [1.82, 2.24) is 0 Å². The zero-order valence-electron chi connectivity index (χ0n) is 16.5. The Morgan fingerprint density at radius 2 is 1.78 bits per heavy atom. The van der Waals surface area contributed by atoms with Crippen LogP contribution in [0.25, 0.3) is 0 Å². The summed E-state index contributed by atoms with van der Waals surface area (Å²) in [5.41, 5.74) is 3.68. The van der Waals surface area contributed by atoms with Gasteiger partial charge in [0.1, 0.15) is 11.5 Å². The number of para-hydroxylation sites is 1. The number of benzene rings is 2. The maximum absolute atomic E-state index is 13.6. The first-order valence-corrected chi connectivity index (χ1v) is 9.73. The molecule has 1 heterocycles. The van der Waals surface area contributed by atoms with Crippen molar-refractivity contribution in [3.05, 3.63) is 52.6 Å². The molecule has 0 radical (unpaired) electrons. The fraction of sp³-hybridized carbons (Fsp3) is 0.435. The molecule has 1 aliphatic heterocycles. The molecule has 27 heavy (non-hydrogen) atoms. The first-order valence-electron chi connectivity index (χ1n) is 9.73. The van der Waals surface area contributed by atoms with Crippen LogP contribution in [0, 0.1) is 20.8 Å². The fourth-order valence-corrected chi connectivity index (χ4v) is 4.07. The van der Waals surface area contributed by atoms with Crippen LogP contribution in [0.1, 0.15) is 48.4 Å². The Bertz CT molecular complexity index is 902. The van der Waals surface area contributed by atoms with Gasteiger partial charge in [-0.3, -0.25) is 4.79 Å². The summed E-state index contributed by atoms with van der Waals surface area (Å²) < 4.78 is 6.41. The summed E-state index contributed by atoms with van der Waals surface area (Å²) in [6, 6.07) is 10.2. The van der Waals surface area contributed by atoms with Gasteiger partial charge in [-0.15, -0.1) is 0 Å². The van der Waals surface area contributed by atoms with Gasteiger partial charge in [0.25, 0.3) is 5.91 Å². The van der Waals surface area contributed by atoms with E-state index in [1.165, 1.54) is 0 Å². The third kappa shape index (κ3) is 2.88. The molecule has 1 saturated carbocycles. The largest absolute Gasteiger partial charge is 0.507 e. The number of carbonyl (C=O) groups excluding carboxylic acids is 1. The van der Waals surface area contributed by atoms with Crippen LogP contribution in [0.5, 0.6) is 11.5 Å². The van der Waals surface area contributed by atoms with Gasteiger partial charge < -0.3 is 14.7 Å². The predicted octanol–water partition coefficient (Wildman–Crippen LogP) is 4.60. The quantitative estimate of drug-likeness (QED) is 0.865. The van der Waals surface area contributed by atoms with Gasteiger partial charge in [0.05, 0.1) is 0 Å². The SMILES string of the molecule is Cc1c(C)c2c(c(C)c1O)CCC(C)(C(=O)N(c1ccccc1)C1CC1)O2. The lowest BCUT2D eigenvalue weighted by atomic mass is 9.86. The number of carbonyl (C=O) groups is 1. The Balaban J connectivity index is 1.72. The van der Waals surface area contributed by atoms with E-state index in [1.54, 1.807) is 0 Å². The van der Waals surface area contributed by atoms with Gasteiger partial charge in [-0.2, -0.15) is 0 Å². The van der Waals surface area contributed by atoms with E-state index in [-0.39, 0.29) is 11.9 Å². The van der Waals surface area contributed by atoms with Gasteiger partial charge in [0.15, 0.2) is 5.60 Å². The number of hydrogen-bond donors (Lipinski definition) is 1. The molecule has 2 aromatic carbocycles. The van der Waals surface area contributed by atoms with E-state index in [0.29, 0.717) is 12.2 Å². The van der Waals surface area contributed by atoms with Gasteiger partial charge in [-0.05, 0) is 75.8 Å². The maximum Gasteiger partial charge on any atom is 0.271 e. The lowest BCUT2D eigenvalue weighted by Gasteiger charge is -2.39. The minimum atomic E-state index is -0.897. The normalized spacial score (nSPS) is 21.3. The van der Waals surface area contributed by atoms with E-state index in [9.17, 15) is 9.90 Å². The van der Waals surface area contributed by atoms with Gasteiger partial charge in [0.2, 0.25) is 0 Å². The van der Waals surface area contributed by atoms with E-state index in [1.807, 2.05) is 62.9 Å². The molecule has 4 nitrogen and oxygen atoms in total. The molecule has 1 fully saturated rings. The van der Waals surface area contributed by atoms with Crippen molar-refractivity contribution in [3.8, 4) is 11.5 Å². The molecular formula is C23H27NO3. The van der Waals surface area contributed by atoms with Crippen molar-refractivity contribution in [2.24, 2.45) is 0 Å². The number of anilines is 1. The van der Waals surface area contributed by atoms with Crippen molar-refractivity contribution in [1.29, 1.82) is 0 Å². The standard InChI is InChI=1S/C23H27NO3/c1-14-15(2)21-19(16(3)20(14)25)12-13-23(4,27-21)22(26)24(18-10-11-18)17-8-6-5-7-9-17/h5-9,18,25H,10-13H2,1-4H3. The van der Waals surface area contributed by atoms with Crippen molar-refractivity contribution in [3.63, 3.8) is 0 Å². The van der Waals surface area contributed by atoms with Crippen LogP contribution in [-0.4, -0.2) is 22.7 Å². The lowest BCUT2D eigenvalue weighted by molar-refractivity contribution is -0.134. The van der Waals surface area contributed by atoms with E-state index >= 15 is 0 Å². The van der Waals surface area contributed by atoms with E-state index < -0.39 is 5.60 Å². The number of nitrogens with zero attached hydrogens (tertiary/aromatic N) is 1. The van der Waals surface area contributed by atoms with Gasteiger partial charge in [-0.25, -0.2) is 0 Å². The van der Waals surface area contributed by atoms with Crippen LogP contribution in [-0.2, 0) is 11.2 Å². The molecule has 4 heteroatoms. The van der Waals surface area contributed by atoms with Crippen LogP contribution >= 0.6 is 0 Å². The monoisotopic (exact) mass is 365 g/mol. The number of amides is 1. The van der Waals surface area contributed by atoms with Crippen molar-refractivity contribution in [2.45, 2.75) is 65.0 Å². The molecule has 1 unspecified atom stereocenters. The van der Waals surface area contributed by atoms with Crippen molar-refractivity contribution in [2.75, 3.05) is 4.90 Å². The molecule has 142 valence electrons. The highest BCUT2D eigenvalue weighted by atomic mass is 16.5. The van der Waals surface area contributed by atoms with Crippen LogP contribution in [0.15, 0.2) is 30.3 Å². The zero-order chi connectivity index (χ0) is 19.3. The van der Waals surface area contributed by atoms with E-state index in [0.717, 1.165) is 53.0 Å². The van der Waals surface area contributed by atoms with Gasteiger partial charge >= 0.3 is 0 Å². The zero-order valence-corrected chi connectivity index (χ0v) is 16.5. The molecule has 0 saturated heterocycles. The second-order valence-corrected chi connectivity index (χ2v) is 8.11. The molecule has 1 amide bonds. The fourth-order valence-electron chi connectivity index (χ4n) is 4.07. The second-order valence-electron chi connectivity index (χ2n) is 8.11. The molecule has 1 atom stereocenters. The second kappa shape index (κ2) is 6.29.